The summed E-state index contributed by atoms with van der Waals surface area (Å²) in [4.78, 5) is 10.3. The molecule has 0 amide bonds. The zero-order chi connectivity index (χ0) is 15.0. The van der Waals surface area contributed by atoms with Crippen LogP contribution in [-0.4, -0.2) is 22.7 Å². The number of carboxylic acids is 1. The van der Waals surface area contributed by atoms with Crippen LogP contribution in [-0.2, 0) is 6.42 Å². The van der Waals surface area contributed by atoms with Crippen LogP contribution >= 0.6 is 0 Å². The van der Waals surface area contributed by atoms with E-state index in [2.05, 4.69) is 0 Å². The van der Waals surface area contributed by atoms with Gasteiger partial charge in [0.1, 0.15) is 5.75 Å². The molecule has 106 valence electrons. The van der Waals surface area contributed by atoms with E-state index >= 15 is 0 Å². The number of phenols is 1. The number of anilines is 1. The van der Waals surface area contributed by atoms with Crippen molar-refractivity contribution in [3.63, 3.8) is 0 Å². The summed E-state index contributed by atoms with van der Waals surface area (Å²) >= 11 is 0. The van der Waals surface area contributed by atoms with E-state index in [1.165, 1.54) is 17.7 Å². The Hall–Kier alpha value is -2.53. The van der Waals surface area contributed by atoms with Gasteiger partial charge >= 0.3 is 5.97 Å². The number of rotatable bonds is 3. The highest BCUT2D eigenvalue weighted by Gasteiger charge is 1.98. The number of nitrogens with two attached hydrogens (primary N) is 2. The Morgan fingerprint density at radius 2 is 1.55 bits per heavy atom. The topological polar surface area (TPSA) is 110 Å². The molecular weight excluding hydrogens is 256 g/mol. The molecule has 0 atom stereocenters. The zero-order valence-electron chi connectivity index (χ0n) is 11.0. The van der Waals surface area contributed by atoms with Gasteiger partial charge < -0.3 is 21.7 Å². The first-order valence-electron chi connectivity index (χ1n) is 6.09. The van der Waals surface area contributed by atoms with Crippen LogP contribution in [0.2, 0.25) is 0 Å². The lowest BCUT2D eigenvalue weighted by atomic mass is 10.1. The van der Waals surface area contributed by atoms with Crippen LogP contribution in [0.1, 0.15) is 15.9 Å². The van der Waals surface area contributed by atoms with Gasteiger partial charge in [-0.3, -0.25) is 0 Å². The fourth-order valence-electron chi connectivity index (χ4n) is 1.45. The van der Waals surface area contributed by atoms with Gasteiger partial charge in [-0.25, -0.2) is 4.79 Å². The summed E-state index contributed by atoms with van der Waals surface area (Å²) in [6.07, 6.45) is 0.875. The van der Waals surface area contributed by atoms with Gasteiger partial charge in [-0.1, -0.05) is 12.1 Å². The van der Waals surface area contributed by atoms with Crippen molar-refractivity contribution in [3.05, 3.63) is 59.7 Å². The SMILES string of the molecule is NCCc1ccc(O)cc1.Nc1ccc(C(=O)O)cc1. The Kier molecular flexibility index (Phi) is 6.06. The number of benzene rings is 2. The summed E-state index contributed by atoms with van der Waals surface area (Å²) in [5.74, 6) is -0.624. The minimum absolute atomic E-state index is 0.259. The van der Waals surface area contributed by atoms with Gasteiger partial charge in [0.05, 0.1) is 5.56 Å². The molecule has 0 aliphatic carbocycles. The summed E-state index contributed by atoms with van der Waals surface area (Å²) in [5.41, 5.74) is 12.7. The Balaban J connectivity index is 0.000000200. The molecule has 20 heavy (non-hydrogen) atoms. The summed E-state index contributed by atoms with van der Waals surface area (Å²) in [6, 6.07) is 13.2. The van der Waals surface area contributed by atoms with Crippen molar-refractivity contribution in [2.75, 3.05) is 12.3 Å². The fourth-order valence-corrected chi connectivity index (χ4v) is 1.45. The van der Waals surface area contributed by atoms with Crippen molar-refractivity contribution in [1.29, 1.82) is 0 Å². The van der Waals surface area contributed by atoms with Crippen LogP contribution in [0.5, 0.6) is 5.75 Å². The minimum Gasteiger partial charge on any atom is -0.508 e. The van der Waals surface area contributed by atoms with Crippen LogP contribution in [0.3, 0.4) is 0 Å². The number of hydrogen-bond donors (Lipinski definition) is 4. The van der Waals surface area contributed by atoms with Gasteiger partial charge in [-0.15, -0.1) is 0 Å². The lowest BCUT2D eigenvalue weighted by molar-refractivity contribution is 0.0697. The maximum Gasteiger partial charge on any atom is 0.335 e. The van der Waals surface area contributed by atoms with Gasteiger partial charge in [-0.2, -0.15) is 0 Å². The lowest BCUT2D eigenvalue weighted by Crippen LogP contribution is -2.01. The third-order valence-corrected chi connectivity index (χ3v) is 2.53. The van der Waals surface area contributed by atoms with Gasteiger partial charge in [0.25, 0.3) is 0 Å². The predicted octanol–water partition coefficient (Wildman–Crippen LogP) is 1.86. The Bertz CT molecular complexity index is 536. The fraction of sp³-hybridized carbons (Fsp3) is 0.133. The molecule has 0 saturated heterocycles. The minimum atomic E-state index is -0.931. The highest BCUT2D eigenvalue weighted by molar-refractivity contribution is 5.87. The van der Waals surface area contributed by atoms with E-state index in [9.17, 15) is 4.79 Å². The molecule has 5 heteroatoms. The molecule has 2 aromatic rings. The first-order chi connectivity index (χ1) is 9.52. The average molecular weight is 274 g/mol. The summed E-state index contributed by atoms with van der Waals surface area (Å²) in [5, 5.41) is 17.3. The Morgan fingerprint density at radius 1 is 1.00 bits per heavy atom. The molecule has 6 N–H and O–H groups in total. The first-order valence-corrected chi connectivity index (χ1v) is 6.09. The molecule has 0 unspecified atom stereocenters. The quantitative estimate of drug-likeness (QED) is 0.639. The largest absolute Gasteiger partial charge is 0.508 e. The Labute approximate surface area is 117 Å². The van der Waals surface area contributed by atoms with Crippen LogP contribution < -0.4 is 11.5 Å². The number of phenolic OH excluding ortho intramolecular Hbond substituents is 1. The lowest BCUT2D eigenvalue weighted by Gasteiger charge is -1.96. The van der Waals surface area contributed by atoms with E-state index in [0.717, 1.165) is 6.42 Å². The van der Waals surface area contributed by atoms with E-state index in [-0.39, 0.29) is 5.56 Å². The number of hydrogen-bond acceptors (Lipinski definition) is 4. The molecule has 0 aliphatic rings. The van der Waals surface area contributed by atoms with E-state index in [1.807, 2.05) is 12.1 Å². The molecule has 0 saturated carbocycles. The monoisotopic (exact) mass is 274 g/mol. The zero-order valence-corrected chi connectivity index (χ0v) is 11.0. The predicted molar refractivity (Wildman–Crippen MR) is 78.7 cm³/mol. The molecule has 0 heterocycles. The standard InChI is InChI=1S/C8H11NO.C7H7NO2/c9-6-5-7-1-3-8(10)4-2-7;8-6-3-1-5(2-4-6)7(9)10/h1-4,10H,5-6,9H2;1-4H,8H2,(H,9,10). The molecule has 0 radical (unpaired) electrons. The third-order valence-electron chi connectivity index (χ3n) is 2.53. The second-order valence-electron chi connectivity index (χ2n) is 4.13. The van der Waals surface area contributed by atoms with Gasteiger partial charge in [0.15, 0.2) is 0 Å². The number of carboxylic acid groups (broad SMARTS) is 1. The Morgan fingerprint density at radius 3 is 2.00 bits per heavy atom. The van der Waals surface area contributed by atoms with Crippen LogP contribution in [0.15, 0.2) is 48.5 Å². The van der Waals surface area contributed by atoms with E-state index in [1.54, 1.807) is 24.3 Å². The molecule has 2 aromatic carbocycles. The van der Waals surface area contributed by atoms with Gasteiger partial charge in [0, 0.05) is 5.69 Å². The van der Waals surface area contributed by atoms with Crippen LogP contribution in [0, 0.1) is 0 Å². The van der Waals surface area contributed by atoms with Crippen LogP contribution in [0.25, 0.3) is 0 Å². The van der Waals surface area contributed by atoms with Gasteiger partial charge in [0.2, 0.25) is 0 Å². The summed E-state index contributed by atoms with van der Waals surface area (Å²) in [6.45, 7) is 0.658. The number of nitrogen functional groups attached to an aromatic ring is 1. The number of carbonyl (C=O) groups is 1. The second kappa shape index (κ2) is 7.81. The van der Waals surface area contributed by atoms with Crippen LogP contribution in [0.4, 0.5) is 5.69 Å². The smallest absolute Gasteiger partial charge is 0.335 e. The average Bonchev–Trinajstić information content (AvgIpc) is 2.43. The number of aromatic hydroxyl groups is 1. The normalized spacial score (nSPS) is 9.45. The van der Waals surface area contributed by atoms with Crippen molar-refractivity contribution in [3.8, 4) is 5.75 Å². The molecule has 2 rings (SSSR count). The van der Waals surface area contributed by atoms with Crippen molar-refractivity contribution in [2.24, 2.45) is 5.73 Å². The number of aromatic carboxylic acids is 1. The highest BCUT2D eigenvalue weighted by Crippen LogP contribution is 2.09. The molecule has 0 aromatic heterocycles. The van der Waals surface area contributed by atoms with E-state index in [4.69, 9.17) is 21.7 Å². The molecule has 0 aliphatic heterocycles. The first kappa shape index (κ1) is 15.5. The second-order valence-corrected chi connectivity index (χ2v) is 4.13. The summed E-state index contributed by atoms with van der Waals surface area (Å²) in [7, 11) is 0. The molecule has 0 bridgehead atoms. The molecular formula is C15H18N2O3. The van der Waals surface area contributed by atoms with E-state index in [0.29, 0.717) is 18.0 Å². The molecule has 0 fully saturated rings. The van der Waals surface area contributed by atoms with Gasteiger partial charge in [-0.05, 0) is 54.9 Å². The molecule has 0 spiro atoms. The van der Waals surface area contributed by atoms with Crippen molar-refractivity contribution in [1.82, 2.24) is 0 Å². The van der Waals surface area contributed by atoms with E-state index < -0.39 is 5.97 Å². The van der Waals surface area contributed by atoms with Crippen molar-refractivity contribution >= 4 is 11.7 Å². The third kappa shape index (κ3) is 5.41. The molecule has 5 nitrogen and oxygen atoms in total. The summed E-state index contributed by atoms with van der Waals surface area (Å²) < 4.78 is 0. The maximum atomic E-state index is 10.3. The highest BCUT2D eigenvalue weighted by atomic mass is 16.4. The van der Waals surface area contributed by atoms with Crippen molar-refractivity contribution < 1.29 is 15.0 Å². The maximum absolute atomic E-state index is 10.3. The van der Waals surface area contributed by atoms with Crippen molar-refractivity contribution in [2.45, 2.75) is 6.42 Å².